The van der Waals surface area contributed by atoms with Gasteiger partial charge in [-0.3, -0.25) is 0 Å². The summed E-state index contributed by atoms with van der Waals surface area (Å²) in [5.74, 6) is 1.70. The quantitative estimate of drug-likeness (QED) is 0.617. The minimum Gasteiger partial charge on any atom is -0.497 e. The third kappa shape index (κ3) is 3.40. The van der Waals surface area contributed by atoms with Gasteiger partial charge in [0, 0.05) is 25.4 Å². The summed E-state index contributed by atoms with van der Waals surface area (Å²) in [7, 11) is 3.68. The Morgan fingerprint density at radius 2 is 2.21 bits per heavy atom. The first-order valence-corrected chi connectivity index (χ1v) is 7.16. The molecule has 0 radical (unpaired) electrons. The molecule has 0 bridgehead atoms. The summed E-state index contributed by atoms with van der Waals surface area (Å²) in [5.41, 5.74) is 7.42. The number of imidazole rings is 1. The van der Waals surface area contributed by atoms with Crippen molar-refractivity contribution in [3.05, 3.63) is 18.2 Å². The Kier molecular flexibility index (Phi) is 5.07. The number of hydrogen-bond donors (Lipinski definition) is 1. The van der Waals surface area contributed by atoms with Crippen molar-refractivity contribution < 1.29 is 9.47 Å². The fourth-order valence-corrected chi connectivity index (χ4v) is 2.63. The average Bonchev–Trinajstić information content (AvgIpc) is 2.75. The van der Waals surface area contributed by atoms with Gasteiger partial charge in [-0.05, 0) is 12.1 Å². The summed E-state index contributed by atoms with van der Waals surface area (Å²) in [6.07, 6.45) is 0. The van der Waals surface area contributed by atoms with Crippen LogP contribution >= 0.6 is 11.8 Å². The topological polar surface area (TPSA) is 62.3 Å². The molecule has 0 atom stereocenters. The van der Waals surface area contributed by atoms with Gasteiger partial charge in [-0.2, -0.15) is 0 Å². The summed E-state index contributed by atoms with van der Waals surface area (Å²) in [4.78, 5) is 4.60. The van der Waals surface area contributed by atoms with Gasteiger partial charge in [-0.25, -0.2) is 4.98 Å². The predicted octanol–water partition coefficient (Wildman–Crippen LogP) is 1.65. The van der Waals surface area contributed by atoms with Crippen molar-refractivity contribution in [3.63, 3.8) is 0 Å². The first-order chi connectivity index (χ1) is 9.26. The third-order valence-corrected chi connectivity index (χ3v) is 3.76. The van der Waals surface area contributed by atoms with Crippen LogP contribution in [0.4, 0.5) is 0 Å². The summed E-state index contributed by atoms with van der Waals surface area (Å²) in [6.45, 7) is 1.87. The van der Waals surface area contributed by atoms with Crippen molar-refractivity contribution in [2.45, 2.75) is 5.16 Å². The second-order valence-electron chi connectivity index (χ2n) is 4.06. The van der Waals surface area contributed by atoms with Crippen molar-refractivity contribution in [2.24, 2.45) is 12.8 Å². The molecule has 104 valence electrons. The zero-order valence-corrected chi connectivity index (χ0v) is 12.1. The molecule has 0 aliphatic heterocycles. The van der Waals surface area contributed by atoms with Crippen molar-refractivity contribution in [3.8, 4) is 5.75 Å². The zero-order valence-electron chi connectivity index (χ0n) is 11.3. The number of nitrogens with two attached hydrogens (primary N) is 1. The van der Waals surface area contributed by atoms with Crippen LogP contribution in [0.1, 0.15) is 0 Å². The molecule has 0 unspecified atom stereocenters. The third-order valence-electron chi connectivity index (χ3n) is 2.77. The van der Waals surface area contributed by atoms with Crippen molar-refractivity contribution in [2.75, 3.05) is 32.6 Å². The van der Waals surface area contributed by atoms with E-state index in [1.807, 2.05) is 25.2 Å². The molecule has 2 rings (SSSR count). The van der Waals surface area contributed by atoms with Crippen molar-refractivity contribution in [1.82, 2.24) is 9.55 Å². The van der Waals surface area contributed by atoms with E-state index >= 15 is 0 Å². The maximum Gasteiger partial charge on any atom is 0.168 e. The van der Waals surface area contributed by atoms with Gasteiger partial charge in [0.25, 0.3) is 0 Å². The van der Waals surface area contributed by atoms with Gasteiger partial charge in [-0.15, -0.1) is 0 Å². The fourth-order valence-electron chi connectivity index (χ4n) is 1.79. The normalized spacial score (nSPS) is 11.1. The second kappa shape index (κ2) is 6.79. The van der Waals surface area contributed by atoms with Crippen LogP contribution in [0.3, 0.4) is 0 Å². The Morgan fingerprint density at radius 3 is 2.95 bits per heavy atom. The molecule has 2 N–H and O–H groups in total. The smallest absolute Gasteiger partial charge is 0.168 e. The van der Waals surface area contributed by atoms with E-state index < -0.39 is 0 Å². The molecule has 6 heteroatoms. The van der Waals surface area contributed by atoms with Gasteiger partial charge in [0.1, 0.15) is 5.75 Å². The first-order valence-electron chi connectivity index (χ1n) is 6.17. The molecule has 0 aliphatic rings. The second-order valence-corrected chi connectivity index (χ2v) is 5.12. The van der Waals surface area contributed by atoms with Crippen LogP contribution in [-0.4, -0.2) is 42.2 Å². The van der Waals surface area contributed by atoms with E-state index in [2.05, 4.69) is 9.55 Å². The first kappa shape index (κ1) is 14.2. The van der Waals surface area contributed by atoms with Crippen LogP contribution in [0.25, 0.3) is 11.0 Å². The van der Waals surface area contributed by atoms with E-state index in [-0.39, 0.29) is 0 Å². The lowest BCUT2D eigenvalue weighted by molar-refractivity contribution is 0.158. The van der Waals surface area contributed by atoms with Crippen molar-refractivity contribution in [1.29, 1.82) is 0 Å². The zero-order chi connectivity index (χ0) is 13.7. The number of hydrogen-bond acceptors (Lipinski definition) is 5. The Balaban J connectivity index is 2.04. The van der Waals surface area contributed by atoms with Crippen LogP contribution in [0.2, 0.25) is 0 Å². The van der Waals surface area contributed by atoms with E-state index in [0.717, 1.165) is 27.7 Å². The van der Waals surface area contributed by atoms with Crippen LogP contribution in [0.15, 0.2) is 23.4 Å². The highest BCUT2D eigenvalue weighted by atomic mass is 32.2. The van der Waals surface area contributed by atoms with Crippen LogP contribution in [-0.2, 0) is 11.8 Å². The Labute approximate surface area is 117 Å². The highest BCUT2D eigenvalue weighted by Crippen LogP contribution is 2.25. The van der Waals surface area contributed by atoms with Gasteiger partial charge >= 0.3 is 0 Å². The molecule has 0 amide bonds. The van der Waals surface area contributed by atoms with Gasteiger partial charge in [-0.1, -0.05) is 11.8 Å². The largest absolute Gasteiger partial charge is 0.497 e. The summed E-state index contributed by atoms with van der Waals surface area (Å²) < 4.78 is 12.6. The molecule has 5 nitrogen and oxygen atoms in total. The molecule has 0 spiro atoms. The number of thioether (sulfide) groups is 1. The van der Waals surface area contributed by atoms with Gasteiger partial charge < -0.3 is 19.8 Å². The van der Waals surface area contributed by atoms with E-state index in [9.17, 15) is 0 Å². The summed E-state index contributed by atoms with van der Waals surface area (Å²) >= 11 is 1.68. The highest BCUT2D eigenvalue weighted by molar-refractivity contribution is 7.99. The van der Waals surface area contributed by atoms with E-state index in [0.29, 0.717) is 19.8 Å². The van der Waals surface area contributed by atoms with E-state index in [4.69, 9.17) is 15.2 Å². The number of nitrogens with zero attached hydrogens (tertiary/aromatic N) is 2. The van der Waals surface area contributed by atoms with Crippen molar-refractivity contribution >= 4 is 22.8 Å². The lowest BCUT2D eigenvalue weighted by Crippen LogP contribution is -2.10. The molecule has 0 saturated carbocycles. The molecule has 19 heavy (non-hydrogen) atoms. The predicted molar refractivity (Wildman–Crippen MR) is 77.9 cm³/mol. The lowest BCUT2D eigenvalue weighted by atomic mass is 10.3. The number of fused-ring (bicyclic) bond motifs is 1. The Morgan fingerprint density at radius 1 is 1.37 bits per heavy atom. The maximum atomic E-state index is 5.36. The average molecular weight is 281 g/mol. The molecule has 2 aromatic rings. The number of rotatable bonds is 7. The lowest BCUT2D eigenvalue weighted by Gasteiger charge is -2.03. The van der Waals surface area contributed by atoms with Gasteiger partial charge in [0.2, 0.25) is 0 Å². The number of methoxy groups -OCH3 is 1. The van der Waals surface area contributed by atoms with Crippen LogP contribution in [0, 0.1) is 0 Å². The molecule has 0 fully saturated rings. The van der Waals surface area contributed by atoms with E-state index in [1.54, 1.807) is 18.9 Å². The van der Waals surface area contributed by atoms with Gasteiger partial charge in [0.05, 0.1) is 31.4 Å². The van der Waals surface area contributed by atoms with Gasteiger partial charge in [0.15, 0.2) is 5.16 Å². The molecule has 1 aromatic heterocycles. The monoisotopic (exact) mass is 281 g/mol. The Bertz CT molecular complexity index is 542. The number of benzene rings is 1. The molecule has 0 aliphatic carbocycles. The molecule has 1 aromatic carbocycles. The fraction of sp³-hybridized carbons (Fsp3) is 0.462. The Hall–Kier alpha value is -1.24. The van der Waals surface area contributed by atoms with E-state index in [1.165, 1.54) is 0 Å². The SMILES string of the molecule is COc1ccc2c(c1)nc(SCCOCCN)n2C. The molecule has 0 saturated heterocycles. The summed E-state index contributed by atoms with van der Waals surface area (Å²) in [6, 6.07) is 5.92. The molecular formula is C13H19N3O2S. The maximum absolute atomic E-state index is 5.36. The van der Waals surface area contributed by atoms with Crippen LogP contribution in [0.5, 0.6) is 5.75 Å². The summed E-state index contributed by atoms with van der Waals surface area (Å²) in [5, 5.41) is 0.986. The highest BCUT2D eigenvalue weighted by Gasteiger charge is 2.08. The minimum atomic E-state index is 0.566. The number of aryl methyl sites for hydroxylation is 1. The number of aromatic nitrogens is 2. The number of ether oxygens (including phenoxy) is 2. The molecular weight excluding hydrogens is 262 g/mol. The van der Waals surface area contributed by atoms with Crippen LogP contribution < -0.4 is 10.5 Å². The molecule has 1 heterocycles. The minimum absolute atomic E-state index is 0.566. The standard InChI is InChI=1S/C13H19N3O2S/c1-16-12-4-3-10(17-2)9-11(12)15-13(16)19-8-7-18-6-5-14/h3-4,9H,5-8,14H2,1-2H3.